The quantitative estimate of drug-likeness (QED) is 0.683. The predicted molar refractivity (Wildman–Crippen MR) is 68.6 cm³/mol. The topological polar surface area (TPSA) is 43.8 Å². The largest absolute Gasteiger partial charge is 0.399 e. The minimum atomic E-state index is -2.55. The monoisotopic (exact) mass is 269 g/mol. The van der Waals surface area contributed by atoms with Gasteiger partial charge in [-0.05, 0) is 30.7 Å². The van der Waals surface area contributed by atoms with Crippen molar-refractivity contribution in [3.63, 3.8) is 0 Å². The first-order valence-electron chi connectivity index (χ1n) is 5.36. The molecule has 0 spiro atoms. The van der Waals surface area contributed by atoms with Crippen molar-refractivity contribution in [2.75, 3.05) is 5.73 Å². The van der Waals surface area contributed by atoms with E-state index in [-0.39, 0.29) is 0 Å². The van der Waals surface area contributed by atoms with Gasteiger partial charge in [-0.15, -0.1) is 11.8 Å². The van der Waals surface area contributed by atoms with Gasteiger partial charge in [-0.1, -0.05) is 0 Å². The molecule has 0 saturated heterocycles. The number of nitrogens with two attached hydrogens (primary N) is 1. The first-order chi connectivity index (χ1) is 8.58. The first-order valence-corrected chi connectivity index (χ1v) is 6.35. The molecule has 0 aliphatic carbocycles. The molecule has 2 aromatic rings. The van der Waals surface area contributed by atoms with Gasteiger partial charge in [-0.25, -0.2) is 4.98 Å². The van der Waals surface area contributed by atoms with Gasteiger partial charge in [0.25, 0.3) is 0 Å². The molecule has 96 valence electrons. The number of alkyl halides is 2. The maximum atomic E-state index is 12.6. The van der Waals surface area contributed by atoms with E-state index in [0.29, 0.717) is 11.6 Å². The molecule has 0 saturated carbocycles. The lowest BCUT2D eigenvalue weighted by molar-refractivity contribution is 0.0678. The number of thioether (sulfide) groups is 1. The Balaban J connectivity index is 2.07. The number of aromatic nitrogens is 2. The third-order valence-electron chi connectivity index (χ3n) is 2.57. The van der Waals surface area contributed by atoms with Crippen molar-refractivity contribution in [3.8, 4) is 0 Å². The van der Waals surface area contributed by atoms with Crippen LogP contribution in [0.25, 0.3) is 0 Å². The molecule has 0 fully saturated rings. The van der Waals surface area contributed by atoms with Crippen molar-refractivity contribution < 1.29 is 8.78 Å². The Bertz CT molecular complexity index is 540. The highest BCUT2D eigenvalue weighted by Gasteiger charge is 2.11. The zero-order valence-electron chi connectivity index (χ0n) is 9.81. The number of hydrogen-bond donors (Lipinski definition) is 1. The number of nitrogens with zero attached hydrogens (tertiary/aromatic N) is 2. The van der Waals surface area contributed by atoms with Gasteiger partial charge >= 0.3 is 6.55 Å². The summed E-state index contributed by atoms with van der Waals surface area (Å²) >= 11 is 1.46. The predicted octanol–water partition coefficient (Wildman–Crippen LogP) is 3.46. The van der Waals surface area contributed by atoms with E-state index in [1.165, 1.54) is 24.2 Å². The maximum Gasteiger partial charge on any atom is 0.319 e. The first kappa shape index (κ1) is 12.9. The number of benzene rings is 1. The van der Waals surface area contributed by atoms with Crippen LogP contribution in [0.1, 0.15) is 17.9 Å². The number of aryl methyl sites for hydroxylation is 1. The molecule has 2 N–H and O–H groups in total. The number of halogens is 2. The standard InChI is InChI=1S/C12H13F2N3S/c1-8-6-9(2-3-10(8)15)18-7-11-16-4-5-17(11)12(13)14/h2-6,12H,7,15H2,1H3. The molecule has 6 heteroatoms. The Kier molecular flexibility index (Phi) is 3.86. The smallest absolute Gasteiger partial charge is 0.319 e. The summed E-state index contributed by atoms with van der Waals surface area (Å²) in [6.07, 6.45) is 2.67. The number of hydrogen-bond acceptors (Lipinski definition) is 3. The molecule has 0 atom stereocenters. The lowest BCUT2D eigenvalue weighted by Crippen LogP contribution is -2.02. The van der Waals surface area contributed by atoms with E-state index in [4.69, 9.17) is 5.73 Å². The van der Waals surface area contributed by atoms with E-state index in [1.54, 1.807) is 0 Å². The number of anilines is 1. The van der Waals surface area contributed by atoms with Gasteiger partial charge in [0.2, 0.25) is 0 Å². The fraction of sp³-hybridized carbons (Fsp3) is 0.250. The van der Waals surface area contributed by atoms with Crippen LogP contribution < -0.4 is 5.73 Å². The zero-order valence-corrected chi connectivity index (χ0v) is 10.6. The van der Waals surface area contributed by atoms with Crippen LogP contribution in [0, 0.1) is 6.92 Å². The molecule has 0 aliphatic heterocycles. The molecule has 3 nitrogen and oxygen atoms in total. The van der Waals surface area contributed by atoms with E-state index in [2.05, 4.69) is 4.98 Å². The highest BCUT2D eigenvalue weighted by Crippen LogP contribution is 2.26. The number of imidazole rings is 1. The van der Waals surface area contributed by atoms with Crippen LogP contribution in [0.2, 0.25) is 0 Å². The summed E-state index contributed by atoms with van der Waals surface area (Å²) in [7, 11) is 0. The van der Waals surface area contributed by atoms with Gasteiger partial charge in [0.05, 0.1) is 5.75 Å². The van der Waals surface area contributed by atoms with Crippen LogP contribution in [-0.2, 0) is 5.75 Å². The van der Waals surface area contributed by atoms with Gasteiger partial charge in [-0.2, -0.15) is 8.78 Å². The minimum absolute atomic E-state index is 0.365. The van der Waals surface area contributed by atoms with Gasteiger partial charge in [0.15, 0.2) is 0 Å². The van der Waals surface area contributed by atoms with Gasteiger partial charge < -0.3 is 5.73 Å². The Labute approximate surface area is 108 Å². The summed E-state index contributed by atoms with van der Waals surface area (Å²) in [6.45, 7) is -0.629. The Morgan fingerprint density at radius 2 is 2.22 bits per heavy atom. The summed E-state index contributed by atoms with van der Waals surface area (Å²) in [5.41, 5.74) is 7.43. The zero-order chi connectivity index (χ0) is 13.1. The summed E-state index contributed by atoms with van der Waals surface area (Å²) in [4.78, 5) is 4.92. The second-order valence-electron chi connectivity index (χ2n) is 3.84. The number of rotatable bonds is 4. The summed E-state index contributed by atoms with van der Waals surface area (Å²) in [5.74, 6) is 0.769. The maximum absolute atomic E-state index is 12.6. The molecule has 0 radical (unpaired) electrons. The Morgan fingerprint density at radius 3 is 2.89 bits per heavy atom. The van der Waals surface area contributed by atoms with Crippen molar-refractivity contribution in [1.29, 1.82) is 0 Å². The summed E-state index contributed by atoms with van der Waals surface area (Å²) in [5, 5.41) is 0. The molecule has 2 rings (SSSR count). The van der Waals surface area contributed by atoms with Crippen LogP contribution in [0.5, 0.6) is 0 Å². The second kappa shape index (κ2) is 5.39. The molecule has 1 aromatic carbocycles. The van der Waals surface area contributed by atoms with Crippen LogP contribution >= 0.6 is 11.8 Å². The molecular formula is C12H13F2N3S. The molecule has 0 aliphatic rings. The normalized spacial score (nSPS) is 11.1. The van der Waals surface area contributed by atoms with Crippen molar-refractivity contribution >= 4 is 17.4 Å². The molecule has 0 bridgehead atoms. The lowest BCUT2D eigenvalue weighted by atomic mass is 10.2. The average Bonchev–Trinajstić information content (AvgIpc) is 2.79. The fourth-order valence-electron chi connectivity index (χ4n) is 1.52. The highest BCUT2D eigenvalue weighted by atomic mass is 32.2. The average molecular weight is 269 g/mol. The van der Waals surface area contributed by atoms with E-state index < -0.39 is 6.55 Å². The Morgan fingerprint density at radius 1 is 1.44 bits per heavy atom. The van der Waals surface area contributed by atoms with Gasteiger partial charge in [0, 0.05) is 23.0 Å². The third kappa shape index (κ3) is 2.81. The second-order valence-corrected chi connectivity index (χ2v) is 4.88. The van der Waals surface area contributed by atoms with Gasteiger partial charge in [-0.3, -0.25) is 4.57 Å². The van der Waals surface area contributed by atoms with Crippen LogP contribution in [-0.4, -0.2) is 9.55 Å². The van der Waals surface area contributed by atoms with E-state index in [1.807, 2.05) is 25.1 Å². The molecule has 1 aromatic heterocycles. The molecule has 18 heavy (non-hydrogen) atoms. The Hall–Kier alpha value is -1.56. The van der Waals surface area contributed by atoms with Crippen molar-refractivity contribution in [2.45, 2.75) is 24.1 Å². The molecular weight excluding hydrogens is 256 g/mol. The van der Waals surface area contributed by atoms with Crippen LogP contribution in [0.3, 0.4) is 0 Å². The highest BCUT2D eigenvalue weighted by molar-refractivity contribution is 7.98. The van der Waals surface area contributed by atoms with Crippen LogP contribution in [0.15, 0.2) is 35.5 Å². The van der Waals surface area contributed by atoms with Crippen molar-refractivity contribution in [1.82, 2.24) is 9.55 Å². The van der Waals surface area contributed by atoms with Crippen molar-refractivity contribution in [2.24, 2.45) is 0 Å². The fourth-order valence-corrected chi connectivity index (χ4v) is 2.46. The lowest BCUT2D eigenvalue weighted by Gasteiger charge is -2.07. The number of nitrogen functional groups attached to an aromatic ring is 1. The third-order valence-corrected chi connectivity index (χ3v) is 3.56. The minimum Gasteiger partial charge on any atom is -0.399 e. The van der Waals surface area contributed by atoms with E-state index in [0.717, 1.165) is 20.7 Å². The van der Waals surface area contributed by atoms with Gasteiger partial charge in [0.1, 0.15) is 5.82 Å². The SMILES string of the molecule is Cc1cc(SCc2nccn2C(F)F)ccc1N. The van der Waals surface area contributed by atoms with E-state index in [9.17, 15) is 8.78 Å². The van der Waals surface area contributed by atoms with Crippen LogP contribution in [0.4, 0.5) is 14.5 Å². The summed E-state index contributed by atoms with van der Waals surface area (Å²) < 4.78 is 26.1. The summed E-state index contributed by atoms with van der Waals surface area (Å²) in [6, 6.07) is 5.63. The molecule has 0 amide bonds. The molecule has 0 unspecified atom stereocenters. The molecule has 1 heterocycles. The van der Waals surface area contributed by atoms with Crippen molar-refractivity contribution in [3.05, 3.63) is 42.0 Å². The van der Waals surface area contributed by atoms with E-state index >= 15 is 0 Å².